The lowest BCUT2D eigenvalue weighted by Crippen LogP contribution is -2.30. The van der Waals surface area contributed by atoms with Gasteiger partial charge >= 0.3 is 0 Å². The number of amides is 3. The molecule has 208 valence electrons. The summed E-state index contributed by atoms with van der Waals surface area (Å²) in [5.74, 6) is -0.679. The van der Waals surface area contributed by atoms with Gasteiger partial charge in [-0.3, -0.25) is 14.4 Å². The van der Waals surface area contributed by atoms with Crippen molar-refractivity contribution >= 4 is 52.6 Å². The Morgan fingerprint density at radius 1 is 0.780 bits per heavy atom. The van der Waals surface area contributed by atoms with E-state index in [0.29, 0.717) is 11.3 Å². The van der Waals surface area contributed by atoms with Crippen LogP contribution in [0.1, 0.15) is 21.5 Å². The van der Waals surface area contributed by atoms with Crippen LogP contribution in [0.5, 0.6) is 0 Å². The average Bonchev–Trinajstić information content (AvgIpc) is 2.97. The molecule has 4 aromatic rings. The fourth-order valence-electron chi connectivity index (χ4n) is 3.88. The second kappa shape index (κ2) is 14.0. The summed E-state index contributed by atoms with van der Waals surface area (Å²) in [6.45, 7) is 1.98. The second-order valence-electron chi connectivity index (χ2n) is 9.55. The molecule has 0 saturated heterocycles. The summed E-state index contributed by atoms with van der Waals surface area (Å²) in [5.41, 5.74) is 4.76. The highest BCUT2D eigenvalue weighted by molar-refractivity contribution is 8.00. The lowest BCUT2D eigenvalue weighted by molar-refractivity contribution is -0.114. The van der Waals surface area contributed by atoms with Crippen molar-refractivity contribution in [1.82, 2.24) is 5.32 Å². The molecule has 0 aliphatic carbocycles. The van der Waals surface area contributed by atoms with Gasteiger partial charge in [0.2, 0.25) is 5.91 Å². The highest BCUT2D eigenvalue weighted by atomic mass is 32.2. The maximum atomic E-state index is 13.3. The second-order valence-corrected chi connectivity index (χ2v) is 10.6. The quantitative estimate of drug-likeness (QED) is 0.158. The topological polar surface area (TPSA) is 90.5 Å². The number of rotatable bonds is 10. The Kier molecular flexibility index (Phi) is 9.96. The highest BCUT2D eigenvalue weighted by Crippen LogP contribution is 2.22. The molecule has 41 heavy (non-hydrogen) atoms. The molecule has 0 radical (unpaired) electrons. The van der Waals surface area contributed by atoms with Gasteiger partial charge in [-0.15, -0.1) is 11.8 Å². The minimum atomic E-state index is -0.455. The number of nitrogens with one attached hydrogen (secondary N) is 3. The molecule has 3 N–H and O–H groups in total. The predicted octanol–water partition coefficient (Wildman–Crippen LogP) is 6.20. The van der Waals surface area contributed by atoms with Gasteiger partial charge in [0, 0.05) is 41.6 Å². The Bertz CT molecular complexity index is 1530. The maximum absolute atomic E-state index is 13.3. The molecule has 8 heteroatoms. The molecule has 0 heterocycles. The van der Waals surface area contributed by atoms with Crippen LogP contribution in [-0.4, -0.2) is 37.6 Å². The Morgan fingerprint density at radius 3 is 2.15 bits per heavy atom. The first kappa shape index (κ1) is 29.2. The normalized spacial score (nSPS) is 11.0. The van der Waals surface area contributed by atoms with E-state index in [9.17, 15) is 14.4 Å². The van der Waals surface area contributed by atoms with E-state index in [4.69, 9.17) is 0 Å². The molecule has 0 atom stereocenters. The van der Waals surface area contributed by atoms with Gasteiger partial charge in [-0.2, -0.15) is 0 Å². The van der Waals surface area contributed by atoms with Gasteiger partial charge in [0.05, 0.1) is 5.75 Å². The van der Waals surface area contributed by atoms with Crippen LogP contribution in [0.3, 0.4) is 0 Å². The molecule has 0 aliphatic heterocycles. The van der Waals surface area contributed by atoms with Crippen LogP contribution in [0.25, 0.3) is 6.08 Å². The minimum Gasteiger partial charge on any atom is -0.378 e. The van der Waals surface area contributed by atoms with Gasteiger partial charge in [-0.1, -0.05) is 42.5 Å². The third kappa shape index (κ3) is 8.84. The average molecular weight is 565 g/mol. The van der Waals surface area contributed by atoms with Gasteiger partial charge < -0.3 is 20.9 Å². The SMILES string of the molecule is Cc1cccc(NC(=O)CSc2ccc(NC(=O)/C(=C/c3ccc(N(C)C)cc3)NC(=O)c3ccccc3)cc2)c1. The van der Waals surface area contributed by atoms with Crippen molar-refractivity contribution < 1.29 is 14.4 Å². The molecular formula is C33H32N4O3S. The number of aryl methyl sites for hydroxylation is 1. The summed E-state index contributed by atoms with van der Waals surface area (Å²) in [6, 6.07) is 31.3. The van der Waals surface area contributed by atoms with Crippen molar-refractivity contribution in [1.29, 1.82) is 0 Å². The van der Waals surface area contributed by atoms with Crippen LogP contribution >= 0.6 is 11.8 Å². The third-order valence-corrected chi connectivity index (χ3v) is 7.05. The zero-order valence-corrected chi connectivity index (χ0v) is 24.0. The minimum absolute atomic E-state index is 0.0967. The highest BCUT2D eigenvalue weighted by Gasteiger charge is 2.15. The van der Waals surface area contributed by atoms with Gasteiger partial charge in [0.15, 0.2) is 0 Å². The van der Waals surface area contributed by atoms with Crippen molar-refractivity contribution in [3.05, 3.63) is 126 Å². The first-order valence-corrected chi connectivity index (χ1v) is 14.0. The molecule has 0 fully saturated rings. The van der Waals surface area contributed by atoms with Gasteiger partial charge in [0.1, 0.15) is 5.70 Å². The molecule has 7 nitrogen and oxygen atoms in total. The van der Waals surface area contributed by atoms with E-state index < -0.39 is 5.91 Å². The van der Waals surface area contributed by atoms with Crippen LogP contribution in [0.15, 0.2) is 114 Å². The molecule has 0 saturated carbocycles. The van der Waals surface area contributed by atoms with Crippen LogP contribution in [-0.2, 0) is 9.59 Å². The Hall–Kier alpha value is -4.82. The molecule has 0 unspecified atom stereocenters. The molecule has 0 bridgehead atoms. The summed E-state index contributed by atoms with van der Waals surface area (Å²) in [5, 5.41) is 8.52. The van der Waals surface area contributed by atoms with Gasteiger partial charge in [-0.05, 0) is 84.8 Å². The summed E-state index contributed by atoms with van der Waals surface area (Å²) in [6.07, 6.45) is 1.65. The first-order chi connectivity index (χ1) is 19.8. The Morgan fingerprint density at radius 2 is 1.49 bits per heavy atom. The first-order valence-electron chi connectivity index (χ1n) is 13.0. The number of nitrogens with zero attached hydrogens (tertiary/aromatic N) is 1. The van der Waals surface area contributed by atoms with Crippen molar-refractivity contribution in [2.24, 2.45) is 0 Å². The van der Waals surface area contributed by atoms with Gasteiger partial charge in [0.25, 0.3) is 11.8 Å². The van der Waals surface area contributed by atoms with E-state index in [1.165, 1.54) is 11.8 Å². The largest absolute Gasteiger partial charge is 0.378 e. The maximum Gasteiger partial charge on any atom is 0.272 e. The number of hydrogen-bond donors (Lipinski definition) is 3. The van der Waals surface area contributed by atoms with E-state index in [2.05, 4.69) is 16.0 Å². The smallest absolute Gasteiger partial charge is 0.272 e. The lowest BCUT2D eigenvalue weighted by Gasteiger charge is -2.13. The number of anilines is 3. The van der Waals surface area contributed by atoms with E-state index in [-0.39, 0.29) is 23.3 Å². The molecule has 4 aromatic carbocycles. The Balaban J connectivity index is 1.42. The van der Waals surface area contributed by atoms with Crippen molar-refractivity contribution in [2.45, 2.75) is 11.8 Å². The number of carbonyl (C=O) groups excluding carboxylic acids is 3. The molecular weight excluding hydrogens is 532 g/mol. The zero-order chi connectivity index (χ0) is 29.2. The fourth-order valence-corrected chi connectivity index (χ4v) is 4.58. The van der Waals surface area contributed by atoms with Crippen molar-refractivity contribution in [3.8, 4) is 0 Å². The van der Waals surface area contributed by atoms with E-state index >= 15 is 0 Å². The molecule has 0 aliphatic rings. The van der Waals surface area contributed by atoms with Crippen LogP contribution in [0.4, 0.5) is 17.1 Å². The summed E-state index contributed by atoms with van der Waals surface area (Å²) < 4.78 is 0. The number of thioether (sulfide) groups is 1. The van der Waals surface area contributed by atoms with E-state index in [0.717, 1.165) is 27.4 Å². The monoisotopic (exact) mass is 564 g/mol. The van der Waals surface area contributed by atoms with E-state index in [1.54, 1.807) is 42.5 Å². The number of benzene rings is 4. The number of hydrogen-bond acceptors (Lipinski definition) is 5. The third-order valence-electron chi connectivity index (χ3n) is 6.03. The molecule has 4 rings (SSSR count). The van der Waals surface area contributed by atoms with Crippen LogP contribution in [0.2, 0.25) is 0 Å². The lowest BCUT2D eigenvalue weighted by atomic mass is 10.1. The van der Waals surface area contributed by atoms with Gasteiger partial charge in [-0.25, -0.2) is 0 Å². The predicted molar refractivity (Wildman–Crippen MR) is 168 cm³/mol. The van der Waals surface area contributed by atoms with Crippen LogP contribution < -0.4 is 20.9 Å². The van der Waals surface area contributed by atoms with Crippen LogP contribution in [0, 0.1) is 6.92 Å². The molecule has 3 amide bonds. The number of carbonyl (C=O) groups is 3. The summed E-state index contributed by atoms with van der Waals surface area (Å²) >= 11 is 1.40. The standard InChI is InChI=1S/C33H32N4O3S/c1-23-8-7-11-27(20-23)34-31(38)22-41-29-18-14-26(15-19-29)35-33(40)30(36-32(39)25-9-5-4-6-10-25)21-24-12-16-28(17-13-24)37(2)3/h4-21H,22H2,1-3H3,(H,34,38)(H,35,40)(H,36,39)/b30-21-. The summed E-state index contributed by atoms with van der Waals surface area (Å²) in [4.78, 5) is 41.4. The van der Waals surface area contributed by atoms with Crippen molar-refractivity contribution in [2.75, 3.05) is 35.4 Å². The molecule has 0 aromatic heterocycles. The molecule has 0 spiro atoms. The summed E-state index contributed by atoms with van der Waals surface area (Å²) in [7, 11) is 3.90. The van der Waals surface area contributed by atoms with Crippen molar-refractivity contribution in [3.63, 3.8) is 0 Å². The zero-order valence-electron chi connectivity index (χ0n) is 23.2. The van der Waals surface area contributed by atoms with E-state index in [1.807, 2.05) is 92.6 Å². The fraction of sp³-hybridized carbons (Fsp3) is 0.121. The Labute approximate surface area is 244 Å².